The van der Waals surface area contributed by atoms with Crippen LogP contribution in [0, 0.1) is 25.2 Å². The lowest BCUT2D eigenvalue weighted by Crippen LogP contribution is -2.13. The van der Waals surface area contributed by atoms with E-state index in [1.807, 2.05) is 43.3 Å². The number of benzene rings is 3. The third-order valence-corrected chi connectivity index (χ3v) is 5.66. The summed E-state index contributed by atoms with van der Waals surface area (Å²) in [5, 5.41) is 13.0. The number of oxazole rings is 1. The number of hydrogen-bond acceptors (Lipinski definition) is 5. The van der Waals surface area contributed by atoms with Gasteiger partial charge in [0.2, 0.25) is 5.89 Å². The number of anilines is 1. The van der Waals surface area contributed by atoms with Crippen LogP contribution in [-0.4, -0.2) is 11.5 Å². The molecule has 5 heteroatoms. The SMILES string of the molecule is CCCNCc1cc(C#N)c2oc(-c3cccc(-c4cccc(N)c4C)c3C)nc2c1. The number of nitrogens with one attached hydrogen (secondary N) is 1. The molecule has 1 aromatic heterocycles. The molecule has 31 heavy (non-hydrogen) atoms. The Morgan fingerprint density at radius 1 is 1.03 bits per heavy atom. The van der Waals surface area contributed by atoms with Crippen molar-refractivity contribution in [3.05, 3.63) is 70.8 Å². The van der Waals surface area contributed by atoms with Gasteiger partial charge in [-0.25, -0.2) is 4.98 Å². The van der Waals surface area contributed by atoms with Crippen molar-refractivity contribution in [2.24, 2.45) is 0 Å². The maximum Gasteiger partial charge on any atom is 0.227 e. The second-order valence-corrected chi connectivity index (χ2v) is 7.80. The van der Waals surface area contributed by atoms with Crippen molar-refractivity contribution in [2.45, 2.75) is 33.7 Å². The summed E-state index contributed by atoms with van der Waals surface area (Å²) >= 11 is 0. The summed E-state index contributed by atoms with van der Waals surface area (Å²) in [5.74, 6) is 0.520. The van der Waals surface area contributed by atoms with E-state index in [1.54, 1.807) is 0 Å². The van der Waals surface area contributed by atoms with Gasteiger partial charge in [-0.05, 0) is 78.9 Å². The van der Waals surface area contributed by atoms with E-state index in [1.165, 1.54) is 0 Å². The van der Waals surface area contributed by atoms with E-state index in [-0.39, 0.29) is 0 Å². The molecule has 0 aliphatic heterocycles. The Morgan fingerprint density at radius 2 is 1.74 bits per heavy atom. The lowest BCUT2D eigenvalue weighted by Gasteiger charge is -2.13. The van der Waals surface area contributed by atoms with Gasteiger partial charge in [0.25, 0.3) is 0 Å². The van der Waals surface area contributed by atoms with Gasteiger partial charge in [-0.15, -0.1) is 0 Å². The first kappa shape index (κ1) is 20.6. The number of nitriles is 1. The summed E-state index contributed by atoms with van der Waals surface area (Å²) in [4.78, 5) is 4.75. The van der Waals surface area contributed by atoms with Gasteiger partial charge < -0.3 is 15.5 Å². The maximum absolute atomic E-state index is 9.65. The Bertz CT molecular complexity index is 1300. The van der Waals surface area contributed by atoms with Crippen LogP contribution >= 0.6 is 0 Å². The number of aromatic nitrogens is 1. The summed E-state index contributed by atoms with van der Waals surface area (Å²) in [6.07, 6.45) is 1.06. The summed E-state index contributed by atoms with van der Waals surface area (Å²) in [6, 6.07) is 18.2. The topological polar surface area (TPSA) is 87.9 Å². The van der Waals surface area contributed by atoms with Gasteiger partial charge in [-0.3, -0.25) is 0 Å². The molecule has 0 saturated heterocycles. The molecule has 3 N–H and O–H groups in total. The van der Waals surface area contributed by atoms with Crippen molar-refractivity contribution < 1.29 is 4.42 Å². The smallest absolute Gasteiger partial charge is 0.227 e. The first-order valence-electron chi connectivity index (χ1n) is 10.5. The van der Waals surface area contributed by atoms with E-state index in [4.69, 9.17) is 15.1 Å². The van der Waals surface area contributed by atoms with Gasteiger partial charge >= 0.3 is 0 Å². The molecule has 4 rings (SSSR count). The van der Waals surface area contributed by atoms with Crippen LogP contribution in [0.1, 0.15) is 35.6 Å². The van der Waals surface area contributed by atoms with Crippen LogP contribution in [0.25, 0.3) is 33.7 Å². The fourth-order valence-corrected chi connectivity index (χ4v) is 3.91. The van der Waals surface area contributed by atoms with Gasteiger partial charge in [0.05, 0.1) is 5.56 Å². The number of rotatable bonds is 6. The number of nitrogens with zero attached hydrogens (tertiary/aromatic N) is 2. The Labute approximate surface area is 182 Å². The third-order valence-electron chi connectivity index (χ3n) is 5.66. The summed E-state index contributed by atoms with van der Waals surface area (Å²) in [5.41, 5.74) is 14.9. The predicted octanol–water partition coefficient (Wildman–Crippen LogP) is 5.73. The highest BCUT2D eigenvalue weighted by atomic mass is 16.3. The van der Waals surface area contributed by atoms with Crippen LogP contribution in [0.15, 0.2) is 52.9 Å². The van der Waals surface area contributed by atoms with E-state index in [9.17, 15) is 5.26 Å². The van der Waals surface area contributed by atoms with Crippen molar-refractivity contribution in [2.75, 3.05) is 12.3 Å². The minimum absolute atomic E-state index is 0.505. The molecule has 3 aromatic carbocycles. The Kier molecular flexibility index (Phi) is 5.75. The summed E-state index contributed by atoms with van der Waals surface area (Å²) in [7, 11) is 0. The number of nitrogens with two attached hydrogens (primary N) is 1. The lowest BCUT2D eigenvalue weighted by molar-refractivity contribution is 0.618. The van der Waals surface area contributed by atoms with Gasteiger partial charge in [-0.1, -0.05) is 31.2 Å². The standard InChI is InChI=1S/C26H26N4O/c1-4-11-29-15-18-12-19(14-27)25-24(13-18)30-26(31-25)22-9-5-7-20(16(22)2)21-8-6-10-23(28)17(21)3/h5-10,12-13,29H,4,11,15,28H2,1-3H3. The highest BCUT2D eigenvalue weighted by Crippen LogP contribution is 2.36. The Hall–Kier alpha value is -3.62. The monoisotopic (exact) mass is 410 g/mol. The van der Waals surface area contributed by atoms with Crippen molar-refractivity contribution in [1.29, 1.82) is 5.26 Å². The lowest BCUT2D eigenvalue weighted by atomic mass is 9.93. The molecule has 0 amide bonds. The first-order valence-corrected chi connectivity index (χ1v) is 10.5. The second-order valence-electron chi connectivity index (χ2n) is 7.80. The average molecular weight is 411 g/mol. The molecule has 0 aliphatic carbocycles. The van der Waals surface area contributed by atoms with Crippen molar-refractivity contribution >= 4 is 16.8 Å². The molecule has 1 heterocycles. The molecule has 156 valence electrons. The van der Waals surface area contributed by atoms with Crippen LogP contribution in [0.4, 0.5) is 5.69 Å². The highest BCUT2D eigenvalue weighted by Gasteiger charge is 2.17. The van der Waals surface area contributed by atoms with E-state index in [0.29, 0.717) is 29.1 Å². The Balaban J connectivity index is 1.80. The van der Waals surface area contributed by atoms with Crippen LogP contribution in [0.5, 0.6) is 0 Å². The number of nitrogen functional groups attached to an aromatic ring is 1. The molecule has 0 bridgehead atoms. The molecular weight excluding hydrogens is 384 g/mol. The van der Waals surface area contributed by atoms with Crippen LogP contribution < -0.4 is 11.1 Å². The molecule has 0 fully saturated rings. The zero-order valence-electron chi connectivity index (χ0n) is 18.1. The fourth-order valence-electron chi connectivity index (χ4n) is 3.91. The molecule has 0 aliphatic rings. The molecular formula is C26H26N4O. The molecule has 0 spiro atoms. The summed E-state index contributed by atoms with van der Waals surface area (Å²) < 4.78 is 6.10. The zero-order chi connectivity index (χ0) is 22.0. The number of hydrogen-bond donors (Lipinski definition) is 2. The zero-order valence-corrected chi connectivity index (χ0v) is 18.1. The Morgan fingerprint density at radius 3 is 2.48 bits per heavy atom. The molecule has 0 radical (unpaired) electrons. The first-order chi connectivity index (χ1) is 15.0. The van der Waals surface area contributed by atoms with E-state index < -0.39 is 0 Å². The highest BCUT2D eigenvalue weighted by molar-refractivity contribution is 5.85. The predicted molar refractivity (Wildman–Crippen MR) is 125 cm³/mol. The van der Waals surface area contributed by atoms with Crippen LogP contribution in [-0.2, 0) is 6.54 Å². The quantitative estimate of drug-likeness (QED) is 0.313. The molecule has 4 aromatic rings. The van der Waals surface area contributed by atoms with Gasteiger partial charge in [-0.2, -0.15) is 5.26 Å². The van der Waals surface area contributed by atoms with E-state index in [0.717, 1.165) is 52.0 Å². The average Bonchev–Trinajstić information content (AvgIpc) is 3.19. The molecule has 0 atom stereocenters. The van der Waals surface area contributed by atoms with Crippen molar-refractivity contribution in [3.8, 4) is 28.7 Å². The third kappa shape index (κ3) is 3.90. The van der Waals surface area contributed by atoms with Crippen molar-refractivity contribution in [1.82, 2.24) is 10.3 Å². The minimum atomic E-state index is 0.505. The maximum atomic E-state index is 9.65. The van der Waals surface area contributed by atoms with Gasteiger partial charge in [0, 0.05) is 17.8 Å². The number of fused-ring (bicyclic) bond motifs is 1. The molecule has 0 saturated carbocycles. The van der Waals surface area contributed by atoms with Crippen LogP contribution in [0.2, 0.25) is 0 Å². The van der Waals surface area contributed by atoms with Gasteiger partial charge in [0.1, 0.15) is 11.6 Å². The van der Waals surface area contributed by atoms with E-state index >= 15 is 0 Å². The molecule has 5 nitrogen and oxygen atoms in total. The van der Waals surface area contributed by atoms with Crippen LogP contribution in [0.3, 0.4) is 0 Å². The molecule has 0 unspecified atom stereocenters. The van der Waals surface area contributed by atoms with Crippen molar-refractivity contribution in [3.63, 3.8) is 0 Å². The normalized spacial score (nSPS) is 11.0. The summed E-state index contributed by atoms with van der Waals surface area (Å²) in [6.45, 7) is 7.85. The minimum Gasteiger partial charge on any atom is -0.435 e. The van der Waals surface area contributed by atoms with E-state index in [2.05, 4.69) is 37.4 Å². The second kappa shape index (κ2) is 8.63. The fraction of sp³-hybridized carbons (Fsp3) is 0.231. The van der Waals surface area contributed by atoms with Gasteiger partial charge in [0.15, 0.2) is 5.58 Å². The largest absolute Gasteiger partial charge is 0.435 e.